The van der Waals surface area contributed by atoms with Gasteiger partial charge in [-0.1, -0.05) is 12.1 Å². The Bertz CT molecular complexity index is 1120. The average Bonchev–Trinajstić information content (AvgIpc) is 2.73. The molecule has 8 heteroatoms. The number of hydrogen-bond acceptors (Lipinski definition) is 7. The first-order valence-corrected chi connectivity index (χ1v) is 9.52. The number of aromatic nitrogens is 2. The Hall–Kier alpha value is -3.42. The topological polar surface area (TPSA) is 82.8 Å². The third kappa shape index (κ3) is 3.78. The molecule has 4 rings (SSSR count). The Balaban J connectivity index is 1.50. The van der Waals surface area contributed by atoms with E-state index in [1.807, 2.05) is 32.0 Å². The van der Waals surface area contributed by atoms with Crippen LogP contribution in [0.2, 0.25) is 0 Å². The molecule has 2 aromatic heterocycles. The molecule has 3 aromatic rings. The second-order valence-electron chi connectivity index (χ2n) is 7.31. The lowest BCUT2D eigenvalue weighted by molar-refractivity contribution is 0.0714. The molecule has 1 aromatic carbocycles. The summed E-state index contributed by atoms with van der Waals surface area (Å²) < 4.78 is 5.69. The summed E-state index contributed by atoms with van der Waals surface area (Å²) in [5, 5.41) is 0.474. The van der Waals surface area contributed by atoms with Gasteiger partial charge in [-0.15, -0.1) is 0 Å². The van der Waals surface area contributed by atoms with Crippen molar-refractivity contribution in [1.29, 1.82) is 0 Å². The standard InChI is InChI=1S/C21H23N5O3/c1-14-12-19(24(2)3)23-21(22-14)26-10-8-25(9-11-26)20(28)18-13-16(27)15-6-4-5-7-17(15)29-18/h4-7,12-13H,8-11H2,1-3H3. The molecule has 0 saturated carbocycles. The van der Waals surface area contributed by atoms with Crippen LogP contribution in [0, 0.1) is 6.92 Å². The minimum Gasteiger partial charge on any atom is -0.451 e. The molecule has 1 aliphatic heterocycles. The maximum Gasteiger partial charge on any atom is 0.289 e. The van der Waals surface area contributed by atoms with E-state index in [4.69, 9.17) is 4.42 Å². The number of hydrogen-bond donors (Lipinski definition) is 0. The lowest BCUT2D eigenvalue weighted by atomic mass is 10.2. The molecule has 0 bridgehead atoms. The molecule has 1 fully saturated rings. The van der Waals surface area contributed by atoms with Crippen molar-refractivity contribution in [2.75, 3.05) is 50.1 Å². The van der Waals surface area contributed by atoms with Crippen LogP contribution in [0.4, 0.5) is 11.8 Å². The van der Waals surface area contributed by atoms with Crippen LogP contribution in [0.3, 0.4) is 0 Å². The fourth-order valence-electron chi connectivity index (χ4n) is 3.38. The van der Waals surface area contributed by atoms with Crippen molar-refractivity contribution in [2.24, 2.45) is 0 Å². The quantitative estimate of drug-likeness (QED) is 0.672. The van der Waals surface area contributed by atoms with Gasteiger partial charge in [-0.05, 0) is 19.1 Å². The summed E-state index contributed by atoms with van der Waals surface area (Å²) >= 11 is 0. The van der Waals surface area contributed by atoms with Crippen LogP contribution in [-0.2, 0) is 0 Å². The Morgan fingerprint density at radius 1 is 1.07 bits per heavy atom. The molecule has 1 aliphatic rings. The molecule has 0 atom stereocenters. The van der Waals surface area contributed by atoms with Crippen LogP contribution in [-0.4, -0.2) is 61.0 Å². The second kappa shape index (κ2) is 7.54. The van der Waals surface area contributed by atoms with Crippen molar-refractivity contribution in [2.45, 2.75) is 6.92 Å². The first kappa shape index (κ1) is 18.9. The number of fused-ring (bicyclic) bond motifs is 1. The third-order valence-corrected chi connectivity index (χ3v) is 4.98. The fourth-order valence-corrected chi connectivity index (χ4v) is 3.38. The molecule has 29 heavy (non-hydrogen) atoms. The van der Waals surface area contributed by atoms with E-state index in [1.54, 1.807) is 29.2 Å². The summed E-state index contributed by atoms with van der Waals surface area (Å²) in [6.45, 7) is 4.17. The Labute approximate surface area is 168 Å². The Morgan fingerprint density at radius 3 is 2.52 bits per heavy atom. The second-order valence-corrected chi connectivity index (χ2v) is 7.31. The van der Waals surface area contributed by atoms with E-state index in [1.165, 1.54) is 6.07 Å². The summed E-state index contributed by atoms with van der Waals surface area (Å²) in [5.74, 6) is 1.32. The van der Waals surface area contributed by atoms with Crippen LogP contribution in [0.1, 0.15) is 16.2 Å². The van der Waals surface area contributed by atoms with Gasteiger partial charge in [0, 0.05) is 58.1 Å². The first-order valence-electron chi connectivity index (χ1n) is 9.52. The minimum atomic E-state index is -0.272. The number of anilines is 2. The van der Waals surface area contributed by atoms with Gasteiger partial charge in [0.05, 0.1) is 5.39 Å². The molecule has 150 valence electrons. The maximum atomic E-state index is 12.9. The zero-order valence-electron chi connectivity index (χ0n) is 16.8. The zero-order chi connectivity index (χ0) is 20.5. The van der Waals surface area contributed by atoms with E-state index in [-0.39, 0.29) is 17.1 Å². The summed E-state index contributed by atoms with van der Waals surface area (Å²) in [6, 6.07) is 10.2. The molecular formula is C21H23N5O3. The summed E-state index contributed by atoms with van der Waals surface area (Å²) in [4.78, 5) is 40.0. The Kier molecular flexibility index (Phi) is 4.92. The maximum absolute atomic E-state index is 12.9. The van der Waals surface area contributed by atoms with Gasteiger partial charge in [0.25, 0.3) is 5.91 Å². The van der Waals surface area contributed by atoms with Crippen LogP contribution < -0.4 is 15.2 Å². The monoisotopic (exact) mass is 393 g/mol. The van der Waals surface area contributed by atoms with Crippen molar-refractivity contribution in [3.05, 3.63) is 58.1 Å². The third-order valence-electron chi connectivity index (χ3n) is 4.98. The number of carbonyl (C=O) groups is 1. The van der Waals surface area contributed by atoms with Gasteiger partial charge < -0.3 is 19.1 Å². The van der Waals surface area contributed by atoms with Crippen molar-refractivity contribution in [3.8, 4) is 0 Å². The number of benzene rings is 1. The fraction of sp³-hybridized carbons (Fsp3) is 0.333. The molecule has 0 spiro atoms. The number of rotatable bonds is 3. The molecule has 0 N–H and O–H groups in total. The number of amides is 1. The van der Waals surface area contributed by atoms with Gasteiger partial charge in [-0.3, -0.25) is 9.59 Å². The molecule has 0 radical (unpaired) electrons. The zero-order valence-corrected chi connectivity index (χ0v) is 16.8. The van der Waals surface area contributed by atoms with E-state index in [9.17, 15) is 9.59 Å². The Morgan fingerprint density at radius 2 is 1.79 bits per heavy atom. The normalized spacial score (nSPS) is 14.3. The van der Waals surface area contributed by atoms with Crippen LogP contribution in [0.5, 0.6) is 0 Å². The van der Waals surface area contributed by atoms with Gasteiger partial charge in [-0.2, -0.15) is 4.98 Å². The smallest absolute Gasteiger partial charge is 0.289 e. The van der Waals surface area contributed by atoms with E-state index in [0.717, 1.165) is 11.5 Å². The lowest BCUT2D eigenvalue weighted by Gasteiger charge is -2.34. The summed E-state index contributed by atoms with van der Waals surface area (Å²) in [7, 11) is 3.89. The van der Waals surface area contributed by atoms with E-state index in [0.29, 0.717) is 43.1 Å². The molecule has 0 aliphatic carbocycles. The first-order chi connectivity index (χ1) is 13.9. The van der Waals surface area contributed by atoms with E-state index in [2.05, 4.69) is 14.9 Å². The molecule has 1 saturated heterocycles. The number of piperazine rings is 1. The summed E-state index contributed by atoms with van der Waals surface area (Å²) in [6.07, 6.45) is 0. The highest BCUT2D eigenvalue weighted by atomic mass is 16.3. The van der Waals surface area contributed by atoms with Crippen molar-refractivity contribution in [3.63, 3.8) is 0 Å². The highest BCUT2D eigenvalue weighted by molar-refractivity contribution is 5.93. The van der Waals surface area contributed by atoms with Gasteiger partial charge in [-0.25, -0.2) is 4.98 Å². The lowest BCUT2D eigenvalue weighted by Crippen LogP contribution is -2.49. The predicted molar refractivity (Wildman–Crippen MR) is 112 cm³/mol. The average molecular weight is 393 g/mol. The summed E-state index contributed by atoms with van der Waals surface area (Å²) in [5.41, 5.74) is 1.11. The minimum absolute atomic E-state index is 0.0730. The molecule has 3 heterocycles. The highest BCUT2D eigenvalue weighted by Crippen LogP contribution is 2.19. The number of para-hydroxylation sites is 1. The highest BCUT2D eigenvalue weighted by Gasteiger charge is 2.26. The predicted octanol–water partition coefficient (Wildman–Crippen LogP) is 1.92. The van der Waals surface area contributed by atoms with Crippen molar-refractivity contribution >= 4 is 28.6 Å². The molecular weight excluding hydrogens is 370 g/mol. The van der Waals surface area contributed by atoms with Crippen LogP contribution >= 0.6 is 0 Å². The largest absolute Gasteiger partial charge is 0.451 e. The number of aryl methyl sites for hydroxylation is 1. The SMILES string of the molecule is Cc1cc(N(C)C)nc(N2CCN(C(=O)c3cc(=O)c4ccccc4o3)CC2)n1. The van der Waals surface area contributed by atoms with E-state index >= 15 is 0 Å². The molecule has 1 amide bonds. The van der Waals surface area contributed by atoms with Crippen LogP contribution in [0.25, 0.3) is 11.0 Å². The van der Waals surface area contributed by atoms with Crippen molar-refractivity contribution in [1.82, 2.24) is 14.9 Å². The molecule has 0 unspecified atom stereocenters. The van der Waals surface area contributed by atoms with Gasteiger partial charge in [0.2, 0.25) is 5.95 Å². The molecule has 8 nitrogen and oxygen atoms in total. The van der Waals surface area contributed by atoms with Gasteiger partial charge in [0.15, 0.2) is 11.2 Å². The number of carbonyl (C=O) groups excluding carboxylic acids is 1. The van der Waals surface area contributed by atoms with Crippen LogP contribution in [0.15, 0.2) is 45.6 Å². The number of nitrogens with zero attached hydrogens (tertiary/aromatic N) is 5. The van der Waals surface area contributed by atoms with Gasteiger partial charge >= 0.3 is 0 Å². The van der Waals surface area contributed by atoms with Crippen molar-refractivity contribution < 1.29 is 9.21 Å². The van der Waals surface area contributed by atoms with Gasteiger partial charge in [0.1, 0.15) is 11.4 Å². The van der Waals surface area contributed by atoms with E-state index < -0.39 is 0 Å².